The topological polar surface area (TPSA) is 66.5 Å². The summed E-state index contributed by atoms with van der Waals surface area (Å²) in [7, 11) is -1.21. The molecule has 0 bridgehead atoms. The average molecular weight is 443 g/mol. The Morgan fingerprint density at radius 2 is 2.00 bits per heavy atom. The van der Waals surface area contributed by atoms with Crippen molar-refractivity contribution in [2.45, 2.75) is 32.4 Å². The van der Waals surface area contributed by atoms with Crippen LogP contribution >= 0.6 is 15.9 Å². The van der Waals surface area contributed by atoms with Gasteiger partial charge in [-0.2, -0.15) is 0 Å². The van der Waals surface area contributed by atoms with Crippen LogP contribution in [0.4, 0.5) is 0 Å². The van der Waals surface area contributed by atoms with Crippen LogP contribution in [0.1, 0.15) is 32.3 Å². The molecule has 26 heavy (non-hydrogen) atoms. The van der Waals surface area contributed by atoms with Crippen LogP contribution in [0.5, 0.6) is 0 Å². The van der Waals surface area contributed by atoms with Gasteiger partial charge in [0.1, 0.15) is 5.75 Å². The molecule has 1 aliphatic heterocycles. The van der Waals surface area contributed by atoms with Gasteiger partial charge in [0.15, 0.2) is 0 Å². The van der Waals surface area contributed by atoms with Crippen LogP contribution in [0.3, 0.4) is 0 Å². The molecule has 144 valence electrons. The maximum atomic E-state index is 12.5. The minimum Gasteiger partial charge on any atom is -0.356 e. The van der Waals surface area contributed by atoms with E-state index in [4.69, 9.17) is 0 Å². The fourth-order valence-corrected chi connectivity index (χ4v) is 4.34. The number of rotatable bonds is 7. The van der Waals surface area contributed by atoms with Crippen molar-refractivity contribution in [1.82, 2.24) is 10.2 Å². The molecule has 5 nitrogen and oxygen atoms in total. The molecule has 1 N–H and O–H groups in total. The molecule has 0 radical (unpaired) electrons. The van der Waals surface area contributed by atoms with Crippen molar-refractivity contribution in [2.75, 3.05) is 25.4 Å². The third kappa shape index (κ3) is 6.83. The Labute approximate surface area is 166 Å². The predicted molar refractivity (Wildman–Crippen MR) is 108 cm³/mol. The zero-order valence-corrected chi connectivity index (χ0v) is 17.8. The van der Waals surface area contributed by atoms with Gasteiger partial charge in [-0.3, -0.25) is 13.8 Å². The molecule has 1 aromatic carbocycles. The van der Waals surface area contributed by atoms with E-state index in [1.165, 1.54) is 0 Å². The van der Waals surface area contributed by atoms with E-state index in [9.17, 15) is 13.8 Å². The zero-order valence-electron chi connectivity index (χ0n) is 15.4. The Balaban J connectivity index is 1.79. The second kappa shape index (κ2) is 10.2. The first kappa shape index (κ1) is 21.1. The van der Waals surface area contributed by atoms with Gasteiger partial charge in [-0.1, -0.05) is 41.9 Å². The Hall–Kier alpha value is -1.21. The van der Waals surface area contributed by atoms with Gasteiger partial charge in [0.25, 0.3) is 0 Å². The molecule has 0 aliphatic carbocycles. The number of hydrogen-bond acceptors (Lipinski definition) is 3. The van der Waals surface area contributed by atoms with E-state index >= 15 is 0 Å². The van der Waals surface area contributed by atoms with Crippen molar-refractivity contribution in [1.29, 1.82) is 0 Å². The monoisotopic (exact) mass is 442 g/mol. The zero-order chi connectivity index (χ0) is 19.1. The number of hydrogen-bond donors (Lipinski definition) is 1. The smallest absolute Gasteiger partial charge is 0.235 e. The number of nitrogens with one attached hydrogen (secondary N) is 1. The first-order valence-electron chi connectivity index (χ1n) is 9.00. The quantitative estimate of drug-likeness (QED) is 0.705. The highest BCUT2D eigenvalue weighted by atomic mass is 79.9. The van der Waals surface area contributed by atoms with Crippen LogP contribution in [0.25, 0.3) is 0 Å². The van der Waals surface area contributed by atoms with Crippen molar-refractivity contribution in [3.8, 4) is 0 Å². The van der Waals surface area contributed by atoms with E-state index in [0.717, 1.165) is 22.9 Å². The minimum atomic E-state index is -1.21. The van der Waals surface area contributed by atoms with Crippen molar-refractivity contribution >= 4 is 38.5 Å². The molecule has 1 aromatic rings. The van der Waals surface area contributed by atoms with Gasteiger partial charge >= 0.3 is 0 Å². The van der Waals surface area contributed by atoms with E-state index < -0.39 is 10.8 Å². The number of amides is 2. The predicted octanol–water partition coefficient (Wildman–Crippen LogP) is 2.71. The first-order chi connectivity index (χ1) is 12.3. The highest BCUT2D eigenvalue weighted by Crippen LogP contribution is 2.17. The van der Waals surface area contributed by atoms with E-state index in [1.807, 2.05) is 38.1 Å². The van der Waals surface area contributed by atoms with Crippen LogP contribution in [0, 0.1) is 11.8 Å². The summed E-state index contributed by atoms with van der Waals surface area (Å²) in [5.41, 5.74) is 0.965. The van der Waals surface area contributed by atoms with E-state index in [2.05, 4.69) is 21.2 Å². The van der Waals surface area contributed by atoms with Gasteiger partial charge in [-0.05, 0) is 36.5 Å². The summed E-state index contributed by atoms with van der Waals surface area (Å²) in [5.74, 6) is 0.680. The largest absolute Gasteiger partial charge is 0.356 e. The highest BCUT2D eigenvalue weighted by molar-refractivity contribution is 9.10. The third-order valence-electron chi connectivity index (χ3n) is 4.49. The molecule has 0 unspecified atom stereocenters. The lowest BCUT2D eigenvalue weighted by atomic mass is 9.97. The minimum absolute atomic E-state index is 0.0302. The highest BCUT2D eigenvalue weighted by Gasteiger charge is 2.25. The molecule has 2 rings (SSSR count). The van der Waals surface area contributed by atoms with Crippen LogP contribution in [-0.4, -0.2) is 46.3 Å². The molecule has 2 amide bonds. The summed E-state index contributed by atoms with van der Waals surface area (Å²) in [5, 5.41) is 2.95. The van der Waals surface area contributed by atoms with Gasteiger partial charge in [0.05, 0.1) is 0 Å². The molecule has 0 spiro atoms. The van der Waals surface area contributed by atoms with Gasteiger partial charge in [-0.25, -0.2) is 0 Å². The molecule has 1 aliphatic rings. The van der Waals surface area contributed by atoms with Crippen molar-refractivity contribution in [3.05, 3.63) is 34.3 Å². The summed E-state index contributed by atoms with van der Waals surface area (Å²) in [4.78, 5) is 26.0. The Morgan fingerprint density at radius 3 is 2.65 bits per heavy atom. The Kier molecular flexibility index (Phi) is 8.28. The lowest BCUT2D eigenvalue weighted by Gasteiger charge is -2.33. The molecule has 1 heterocycles. The molecular formula is C19H27BrN2O3S. The van der Waals surface area contributed by atoms with Crippen molar-refractivity contribution < 1.29 is 13.8 Å². The summed E-state index contributed by atoms with van der Waals surface area (Å²) in [6, 6.07) is 7.66. The second-order valence-electron chi connectivity index (χ2n) is 7.10. The number of carbonyl (C=O) groups is 2. The fourth-order valence-electron chi connectivity index (χ4n) is 2.95. The van der Waals surface area contributed by atoms with Crippen LogP contribution in [-0.2, 0) is 26.1 Å². The number of halogens is 1. The van der Waals surface area contributed by atoms with Gasteiger partial charge in [0.2, 0.25) is 11.8 Å². The average Bonchev–Trinajstić information content (AvgIpc) is 2.61. The number of likely N-dealkylation sites (tertiary alicyclic amines) is 1. The summed E-state index contributed by atoms with van der Waals surface area (Å²) >= 11 is 3.38. The third-order valence-corrected chi connectivity index (χ3v) is 6.24. The lowest BCUT2D eigenvalue weighted by molar-refractivity contribution is -0.130. The maximum absolute atomic E-state index is 12.5. The van der Waals surface area contributed by atoms with E-state index in [-0.39, 0.29) is 29.4 Å². The number of benzene rings is 1. The molecule has 1 fully saturated rings. The van der Waals surface area contributed by atoms with Crippen molar-refractivity contribution in [3.63, 3.8) is 0 Å². The van der Waals surface area contributed by atoms with Gasteiger partial charge in [-0.15, -0.1) is 0 Å². The fraction of sp³-hybridized carbons (Fsp3) is 0.579. The standard InChI is InChI=1S/C19H27BrN2O3S/c1-14(2)19(24)21-10-16-4-3-9-22(11-16)18(23)13-26(25)12-15-5-7-17(20)8-6-15/h5-8,14,16H,3-4,9-13H2,1-2H3,(H,21,24)/t16-,26-/m1/s1. The van der Waals surface area contributed by atoms with Crippen molar-refractivity contribution in [2.24, 2.45) is 11.8 Å². The normalized spacial score (nSPS) is 18.6. The van der Waals surface area contributed by atoms with E-state index in [1.54, 1.807) is 4.90 Å². The van der Waals surface area contributed by atoms with E-state index in [0.29, 0.717) is 25.4 Å². The van der Waals surface area contributed by atoms with Gasteiger partial charge in [0, 0.05) is 46.6 Å². The first-order valence-corrected chi connectivity index (χ1v) is 11.3. The number of nitrogens with zero attached hydrogens (tertiary/aromatic N) is 1. The maximum Gasteiger partial charge on any atom is 0.235 e. The Morgan fingerprint density at radius 1 is 1.31 bits per heavy atom. The Bertz CT molecular complexity index is 649. The summed E-state index contributed by atoms with van der Waals surface area (Å²) in [6.45, 7) is 5.68. The molecule has 0 aromatic heterocycles. The molecule has 7 heteroatoms. The second-order valence-corrected chi connectivity index (χ2v) is 9.48. The SMILES string of the molecule is CC(C)C(=O)NC[C@H]1CCCN(C(=O)C[S@](=O)Cc2ccc(Br)cc2)C1. The molecule has 0 saturated carbocycles. The molecule has 1 saturated heterocycles. The van der Waals surface area contributed by atoms with Crippen LogP contribution in [0.15, 0.2) is 28.7 Å². The summed E-state index contributed by atoms with van der Waals surface area (Å²) in [6.07, 6.45) is 1.93. The molecule has 2 atom stereocenters. The summed E-state index contributed by atoms with van der Waals surface area (Å²) < 4.78 is 13.3. The van der Waals surface area contributed by atoms with Crippen LogP contribution < -0.4 is 5.32 Å². The van der Waals surface area contributed by atoms with Gasteiger partial charge < -0.3 is 10.2 Å². The lowest BCUT2D eigenvalue weighted by Crippen LogP contribution is -2.45. The number of piperidine rings is 1. The number of carbonyl (C=O) groups excluding carboxylic acids is 2. The van der Waals surface area contributed by atoms with Crippen LogP contribution in [0.2, 0.25) is 0 Å². The molecular weight excluding hydrogens is 416 g/mol.